The van der Waals surface area contributed by atoms with Gasteiger partial charge in [0.15, 0.2) is 25.0 Å². The summed E-state index contributed by atoms with van der Waals surface area (Å²) in [4.78, 5) is 38.0. The van der Waals surface area contributed by atoms with E-state index in [9.17, 15) is 90.5 Å². The lowest BCUT2D eigenvalue weighted by Gasteiger charge is -2.49. The van der Waals surface area contributed by atoms with Gasteiger partial charge in [0.1, 0.15) is 116 Å². The summed E-state index contributed by atoms with van der Waals surface area (Å²) in [5.74, 6) is -1.40. The van der Waals surface area contributed by atoms with E-state index in [0.717, 1.165) is 64.2 Å². The Labute approximate surface area is 548 Å². The number of hydrogen-bond acceptors (Lipinski definition) is 27. The Balaban J connectivity index is 1.46. The fourth-order valence-corrected chi connectivity index (χ4v) is 12.8. The van der Waals surface area contributed by atoms with Crippen LogP contribution in [-0.2, 0) is 61.1 Å². The summed E-state index contributed by atoms with van der Waals surface area (Å²) < 4.78 is 70.0. The van der Waals surface area contributed by atoms with Crippen LogP contribution in [0.2, 0.25) is 0 Å². The van der Waals surface area contributed by atoms with E-state index in [0.29, 0.717) is 19.3 Å². The molecule has 23 atom stereocenters. The first-order chi connectivity index (χ1) is 44.6. The van der Waals surface area contributed by atoms with Crippen molar-refractivity contribution >= 4 is 19.8 Å². The highest BCUT2D eigenvalue weighted by Gasteiger charge is 2.58. The zero-order chi connectivity index (χ0) is 68.3. The van der Waals surface area contributed by atoms with E-state index >= 15 is 0 Å². The molecule has 1 aliphatic carbocycles. The fraction of sp³-hybridized carbons (Fsp3) is 0.938. The molecule has 0 bridgehead atoms. The van der Waals surface area contributed by atoms with Crippen LogP contribution in [0.3, 0.4) is 0 Å². The molecule has 0 radical (unpaired) electrons. The molecule has 0 aromatic rings. The zero-order valence-corrected chi connectivity index (χ0v) is 55.7. The third-order valence-corrected chi connectivity index (χ3v) is 18.7. The predicted octanol–water partition coefficient (Wildman–Crippen LogP) is 2.92. The molecule has 4 rings (SSSR count). The Morgan fingerprint density at radius 3 is 1.20 bits per heavy atom. The van der Waals surface area contributed by atoms with Gasteiger partial charge < -0.3 is 114 Å². The van der Waals surface area contributed by atoms with Gasteiger partial charge in [0.25, 0.3) is 0 Å². The van der Waals surface area contributed by atoms with Gasteiger partial charge in [-0.1, -0.05) is 174 Å². The maximum Gasteiger partial charge on any atom is 0.472 e. The minimum absolute atomic E-state index is 0.0113. The minimum atomic E-state index is -5.75. The Bertz CT molecular complexity index is 2050. The topological polar surface area (TPSA) is 447 Å². The van der Waals surface area contributed by atoms with Crippen LogP contribution < -0.4 is 0 Å². The summed E-state index contributed by atoms with van der Waals surface area (Å²) in [6.07, 6.45) is -9.61. The number of aliphatic hydroxyl groups excluding tert-OH is 14. The molecule has 4 fully saturated rings. The van der Waals surface area contributed by atoms with Crippen LogP contribution >= 0.6 is 7.82 Å². The first-order valence-electron chi connectivity index (χ1n) is 34.5. The fourth-order valence-electron chi connectivity index (χ4n) is 11.8. The number of phosphoric acid groups is 1. The Morgan fingerprint density at radius 1 is 0.419 bits per heavy atom. The molecule has 3 saturated heterocycles. The molecule has 4 aliphatic rings. The molecule has 3 aliphatic heterocycles. The van der Waals surface area contributed by atoms with Gasteiger partial charge >= 0.3 is 19.8 Å². The molecular weight excluding hydrogens is 1250 g/mol. The Kier molecular flexibility index (Phi) is 41.6. The first kappa shape index (κ1) is 83.4. The number of ether oxygens (including phenoxy) is 8. The lowest BCUT2D eigenvalue weighted by atomic mass is 9.84. The van der Waals surface area contributed by atoms with Crippen molar-refractivity contribution in [2.75, 3.05) is 33.0 Å². The molecule has 28 nitrogen and oxygen atoms in total. The number of carbonyl (C=O) groups excluding carboxylic acids is 2. The average molecular weight is 1370 g/mol. The van der Waals surface area contributed by atoms with Gasteiger partial charge in [-0.15, -0.1) is 0 Å². The highest BCUT2D eigenvalue weighted by Crippen LogP contribution is 2.49. The molecule has 29 heteroatoms. The van der Waals surface area contributed by atoms with Crippen LogP contribution in [0.1, 0.15) is 213 Å². The van der Waals surface area contributed by atoms with Gasteiger partial charge in [0.05, 0.1) is 26.4 Å². The third kappa shape index (κ3) is 29.4. The number of hydrogen-bond donors (Lipinski definition) is 15. The van der Waals surface area contributed by atoms with E-state index in [1.54, 1.807) is 0 Å². The molecule has 546 valence electrons. The van der Waals surface area contributed by atoms with Crippen LogP contribution in [-0.4, -0.2) is 256 Å². The van der Waals surface area contributed by atoms with Crippen molar-refractivity contribution in [2.24, 2.45) is 0 Å². The molecule has 0 aromatic carbocycles. The lowest BCUT2D eigenvalue weighted by molar-refractivity contribution is -0.364. The molecule has 0 aromatic heterocycles. The van der Waals surface area contributed by atoms with Crippen LogP contribution in [0.25, 0.3) is 0 Å². The van der Waals surface area contributed by atoms with Gasteiger partial charge in [-0.2, -0.15) is 0 Å². The van der Waals surface area contributed by atoms with E-state index < -0.39 is 188 Å². The van der Waals surface area contributed by atoms with Crippen molar-refractivity contribution in [1.82, 2.24) is 0 Å². The molecule has 15 N–H and O–H groups in total. The zero-order valence-electron chi connectivity index (χ0n) is 54.8. The number of aliphatic hydroxyl groups is 14. The summed E-state index contributed by atoms with van der Waals surface area (Å²) in [6, 6.07) is 0. The third-order valence-electron chi connectivity index (χ3n) is 17.7. The van der Waals surface area contributed by atoms with Crippen LogP contribution in [0.15, 0.2) is 12.2 Å². The molecule has 3 heterocycles. The maximum absolute atomic E-state index is 14.3. The first-order valence-corrected chi connectivity index (χ1v) is 36.0. The highest BCUT2D eigenvalue weighted by atomic mass is 31.2. The number of rotatable bonds is 49. The van der Waals surface area contributed by atoms with Crippen LogP contribution in [0.5, 0.6) is 0 Å². The van der Waals surface area contributed by atoms with Crippen molar-refractivity contribution in [3.8, 4) is 0 Å². The van der Waals surface area contributed by atoms with Gasteiger partial charge in [-0.3, -0.25) is 18.6 Å². The monoisotopic (exact) mass is 1360 g/mol. The minimum Gasteiger partial charge on any atom is -0.462 e. The van der Waals surface area contributed by atoms with E-state index in [4.69, 9.17) is 46.9 Å². The van der Waals surface area contributed by atoms with E-state index in [1.165, 1.54) is 103 Å². The maximum atomic E-state index is 14.3. The number of carbonyl (C=O) groups is 2. The summed E-state index contributed by atoms with van der Waals surface area (Å²) in [6.45, 7) is 0.0798. The second kappa shape index (κ2) is 46.4. The lowest BCUT2D eigenvalue weighted by Crippen LogP contribution is -2.69. The van der Waals surface area contributed by atoms with Crippen molar-refractivity contribution < 1.29 is 137 Å². The average Bonchev–Trinajstić information content (AvgIpc) is 0.771. The van der Waals surface area contributed by atoms with Crippen molar-refractivity contribution in [1.29, 1.82) is 0 Å². The van der Waals surface area contributed by atoms with Gasteiger partial charge in [0.2, 0.25) is 0 Å². The van der Waals surface area contributed by atoms with Crippen LogP contribution in [0.4, 0.5) is 0 Å². The number of allylic oxidation sites excluding steroid dienone is 2. The van der Waals surface area contributed by atoms with E-state index in [1.807, 2.05) is 0 Å². The molecular formula is C64H117O28P. The second-order valence-electron chi connectivity index (χ2n) is 25.4. The number of unbranched alkanes of at least 4 members (excludes halogenated alkanes) is 26. The van der Waals surface area contributed by atoms with Gasteiger partial charge in [0, 0.05) is 12.8 Å². The molecule has 0 spiro atoms. The summed E-state index contributed by atoms with van der Waals surface area (Å²) >= 11 is 0. The van der Waals surface area contributed by atoms with Crippen molar-refractivity contribution in [3.63, 3.8) is 0 Å². The van der Waals surface area contributed by atoms with Crippen LogP contribution in [0, 0.1) is 0 Å². The largest absolute Gasteiger partial charge is 0.472 e. The van der Waals surface area contributed by atoms with Gasteiger partial charge in [-0.25, -0.2) is 4.57 Å². The second-order valence-corrected chi connectivity index (χ2v) is 26.8. The standard InChI is InChI=1S/C64H117O28P/c1-3-5-7-9-11-13-15-17-19-21-22-24-26-28-30-32-34-45(67)83-38-41(86-46(68)35-33-31-29-27-25-23-20-18-16-14-12-10-8-6-4-2)39-85-93(81,82)92-61-59(90-63-57(79)51(73)48(70)43(37-66)88-63)54(76)53(75)55(77)60(61)91-64-58(80)52(74)49(71)44(89-64)40-84-62-56(78)50(72)47(69)42(36-65)87-62/h19,21,41-44,47-66,69-80H,3-18,20,22-40H2,1-2H3,(H,81,82)/b21-19-/t41-,42?,43?,44?,47+,48-,49+,50?,51?,52?,53+,54?,55?,56+,57-,58+,59-,60?,61+,62-,63-,64+/m1/s1. The number of esters is 2. The van der Waals surface area contributed by atoms with Gasteiger partial charge in [-0.05, 0) is 38.5 Å². The smallest absolute Gasteiger partial charge is 0.462 e. The summed E-state index contributed by atoms with van der Waals surface area (Å²) in [5, 5.41) is 150. The van der Waals surface area contributed by atoms with Crippen molar-refractivity contribution in [2.45, 2.75) is 348 Å². The highest BCUT2D eigenvalue weighted by molar-refractivity contribution is 7.47. The summed E-state index contributed by atoms with van der Waals surface area (Å²) in [5.41, 5.74) is 0. The number of phosphoric ester groups is 1. The molecule has 10 unspecified atom stereocenters. The SMILES string of the molecule is CCCCCCCCC/C=C\CCCCCCCC(=O)OC[C@H](COP(=O)(O)O[C@@H]1C(O[C@@H]2OC(CO[C@@H]3OC(CO)[C@H](O)C(O)[C@@H]3O)[C@H](O)C(O)[C@@H]2O)C(O)[C@@H](O)C(O)[C@H]1O[C@H]1OC(CO)[C@@H](O)C(O)[C@H]1O)OC(=O)CCCCCCCCCCCCCCCCC. The molecule has 0 amide bonds. The molecule has 93 heavy (non-hydrogen) atoms. The molecule has 1 saturated carbocycles. The van der Waals surface area contributed by atoms with E-state index in [-0.39, 0.29) is 12.8 Å². The predicted molar refractivity (Wildman–Crippen MR) is 333 cm³/mol. The summed E-state index contributed by atoms with van der Waals surface area (Å²) in [7, 11) is -5.75. The van der Waals surface area contributed by atoms with Crippen molar-refractivity contribution in [3.05, 3.63) is 12.2 Å². The quantitative estimate of drug-likeness (QED) is 0.0180. The normalized spacial score (nSPS) is 33.6. The van der Waals surface area contributed by atoms with E-state index in [2.05, 4.69) is 26.0 Å². The Morgan fingerprint density at radius 2 is 0.774 bits per heavy atom. The Hall–Kier alpha value is -2.01.